The fraction of sp³-hybridized carbons (Fsp3) is 0.158. The quantitative estimate of drug-likeness (QED) is 0.641. The summed E-state index contributed by atoms with van der Waals surface area (Å²) in [5.74, 6) is 6.22. The van der Waals surface area contributed by atoms with Gasteiger partial charge in [-0.1, -0.05) is 47.7 Å². The molecule has 0 aromatic heterocycles. The summed E-state index contributed by atoms with van der Waals surface area (Å²) >= 11 is 0. The smallest absolute Gasteiger partial charge is 0.0248 e. The first-order chi connectivity index (χ1) is 9.16. The highest BCUT2D eigenvalue weighted by molar-refractivity contribution is 5.61. The second kappa shape index (κ2) is 6.07. The van der Waals surface area contributed by atoms with Gasteiger partial charge in [0, 0.05) is 5.56 Å². The molecule has 0 spiro atoms. The van der Waals surface area contributed by atoms with Crippen LogP contribution in [0, 0.1) is 32.6 Å². The van der Waals surface area contributed by atoms with E-state index >= 15 is 0 Å². The van der Waals surface area contributed by atoms with Crippen LogP contribution in [0.2, 0.25) is 0 Å². The molecule has 0 unspecified atom stereocenters. The summed E-state index contributed by atoms with van der Waals surface area (Å²) in [5, 5.41) is 0. The van der Waals surface area contributed by atoms with E-state index in [-0.39, 0.29) is 0 Å². The third kappa shape index (κ3) is 3.60. The molecule has 19 heavy (non-hydrogen) atoms. The molecule has 2 aromatic carbocycles. The number of allylic oxidation sites excluding steroid dienone is 1. The molecule has 2 rings (SSSR count). The molecule has 0 heterocycles. The van der Waals surface area contributed by atoms with Crippen LogP contribution in [0.1, 0.15) is 27.8 Å². The average Bonchev–Trinajstić information content (AvgIpc) is 2.38. The van der Waals surface area contributed by atoms with Crippen molar-refractivity contribution < 1.29 is 0 Å². The van der Waals surface area contributed by atoms with Crippen LogP contribution in [0.25, 0.3) is 6.08 Å². The normalized spacial score (nSPS) is 10.3. The molecule has 0 aliphatic carbocycles. The van der Waals surface area contributed by atoms with Gasteiger partial charge in [-0.25, -0.2) is 0 Å². The highest BCUT2D eigenvalue weighted by atomic mass is 14.0. The van der Waals surface area contributed by atoms with Crippen molar-refractivity contribution in [2.24, 2.45) is 0 Å². The van der Waals surface area contributed by atoms with E-state index in [4.69, 9.17) is 0 Å². The Balaban J connectivity index is 2.19. The Bertz CT molecular complexity index is 626. The van der Waals surface area contributed by atoms with Crippen LogP contribution in [-0.4, -0.2) is 0 Å². The first kappa shape index (κ1) is 13.2. The topological polar surface area (TPSA) is 0 Å². The number of hydrogen-bond acceptors (Lipinski definition) is 0. The Labute approximate surface area is 115 Å². The molecule has 0 amide bonds. The van der Waals surface area contributed by atoms with Gasteiger partial charge in [0.25, 0.3) is 0 Å². The van der Waals surface area contributed by atoms with Gasteiger partial charge < -0.3 is 0 Å². The van der Waals surface area contributed by atoms with Crippen molar-refractivity contribution in [3.63, 3.8) is 0 Å². The largest absolute Gasteiger partial charge is 0.0696 e. The fourth-order valence-electron chi connectivity index (χ4n) is 2.23. The lowest BCUT2D eigenvalue weighted by Gasteiger charge is -2.06. The SMILES string of the molecule is Cc1cc(C)c(/C=C/C#Cc2ccccc2)c(C)c1. The van der Waals surface area contributed by atoms with Crippen LogP contribution >= 0.6 is 0 Å². The third-order valence-corrected chi connectivity index (χ3v) is 3.06. The van der Waals surface area contributed by atoms with E-state index in [9.17, 15) is 0 Å². The fourth-order valence-corrected chi connectivity index (χ4v) is 2.23. The van der Waals surface area contributed by atoms with Crippen molar-refractivity contribution in [1.82, 2.24) is 0 Å². The minimum Gasteiger partial charge on any atom is -0.0696 e. The first-order valence-corrected chi connectivity index (χ1v) is 6.48. The molecule has 0 fully saturated rings. The van der Waals surface area contributed by atoms with Crippen molar-refractivity contribution in [1.29, 1.82) is 0 Å². The summed E-state index contributed by atoms with van der Waals surface area (Å²) in [4.78, 5) is 0. The van der Waals surface area contributed by atoms with Gasteiger partial charge in [0.1, 0.15) is 0 Å². The molecular weight excluding hydrogens is 228 g/mol. The predicted molar refractivity (Wildman–Crippen MR) is 83.0 cm³/mol. The van der Waals surface area contributed by atoms with E-state index in [0.717, 1.165) is 5.56 Å². The number of aryl methyl sites for hydroxylation is 3. The number of rotatable bonds is 1. The Kier molecular flexibility index (Phi) is 4.21. The summed E-state index contributed by atoms with van der Waals surface area (Å²) in [6, 6.07) is 14.4. The van der Waals surface area contributed by atoms with E-state index in [1.807, 2.05) is 36.4 Å². The highest BCUT2D eigenvalue weighted by Crippen LogP contribution is 2.17. The van der Waals surface area contributed by atoms with Crippen molar-refractivity contribution in [3.8, 4) is 11.8 Å². The van der Waals surface area contributed by atoms with E-state index in [1.54, 1.807) is 0 Å². The van der Waals surface area contributed by atoms with E-state index in [1.165, 1.54) is 22.3 Å². The van der Waals surface area contributed by atoms with Gasteiger partial charge in [-0.3, -0.25) is 0 Å². The molecule has 2 aromatic rings. The maximum Gasteiger partial charge on any atom is 0.0248 e. The zero-order valence-corrected chi connectivity index (χ0v) is 11.7. The molecule has 0 saturated carbocycles. The zero-order chi connectivity index (χ0) is 13.7. The minimum absolute atomic E-state index is 1.05. The van der Waals surface area contributed by atoms with Crippen molar-refractivity contribution >= 4 is 6.08 Å². The molecule has 0 radical (unpaired) electrons. The van der Waals surface area contributed by atoms with Crippen molar-refractivity contribution in [2.75, 3.05) is 0 Å². The van der Waals surface area contributed by atoms with Gasteiger partial charge in [-0.2, -0.15) is 0 Å². The van der Waals surface area contributed by atoms with Crippen LogP contribution in [-0.2, 0) is 0 Å². The summed E-state index contributed by atoms with van der Waals surface area (Å²) in [6.45, 7) is 6.41. The van der Waals surface area contributed by atoms with Crippen LogP contribution < -0.4 is 0 Å². The highest BCUT2D eigenvalue weighted by Gasteiger charge is 1.99. The lowest BCUT2D eigenvalue weighted by atomic mass is 9.99. The van der Waals surface area contributed by atoms with E-state index in [2.05, 4.69) is 50.8 Å². The van der Waals surface area contributed by atoms with E-state index in [0.29, 0.717) is 0 Å². The van der Waals surface area contributed by atoms with Gasteiger partial charge in [0.15, 0.2) is 0 Å². The van der Waals surface area contributed by atoms with Gasteiger partial charge in [-0.15, -0.1) is 0 Å². The van der Waals surface area contributed by atoms with Gasteiger partial charge in [0.2, 0.25) is 0 Å². The maximum absolute atomic E-state index is 3.13. The predicted octanol–water partition coefficient (Wildman–Crippen LogP) is 4.68. The third-order valence-electron chi connectivity index (χ3n) is 3.06. The summed E-state index contributed by atoms with van der Waals surface area (Å²) in [6.07, 6.45) is 4.03. The average molecular weight is 246 g/mol. The van der Waals surface area contributed by atoms with Gasteiger partial charge >= 0.3 is 0 Å². The lowest BCUT2D eigenvalue weighted by molar-refractivity contribution is 1.30. The lowest BCUT2D eigenvalue weighted by Crippen LogP contribution is -1.87. The number of hydrogen-bond donors (Lipinski definition) is 0. The monoisotopic (exact) mass is 246 g/mol. The first-order valence-electron chi connectivity index (χ1n) is 6.48. The van der Waals surface area contributed by atoms with Gasteiger partial charge in [0.05, 0.1) is 0 Å². The van der Waals surface area contributed by atoms with Crippen molar-refractivity contribution in [3.05, 3.63) is 76.4 Å². The summed E-state index contributed by atoms with van der Waals surface area (Å²) in [5.41, 5.74) is 6.23. The second-order valence-electron chi connectivity index (χ2n) is 4.78. The molecule has 0 heteroatoms. The van der Waals surface area contributed by atoms with Crippen LogP contribution in [0.3, 0.4) is 0 Å². The maximum atomic E-state index is 3.13. The molecule has 94 valence electrons. The minimum atomic E-state index is 1.05. The molecule has 0 N–H and O–H groups in total. The van der Waals surface area contributed by atoms with Crippen LogP contribution in [0.4, 0.5) is 0 Å². The molecule has 0 bridgehead atoms. The zero-order valence-electron chi connectivity index (χ0n) is 11.7. The van der Waals surface area contributed by atoms with Crippen LogP contribution in [0.5, 0.6) is 0 Å². The molecule has 0 saturated heterocycles. The van der Waals surface area contributed by atoms with Crippen LogP contribution in [0.15, 0.2) is 48.5 Å². The van der Waals surface area contributed by atoms with Crippen molar-refractivity contribution in [2.45, 2.75) is 20.8 Å². The molecule has 0 aliphatic rings. The Morgan fingerprint density at radius 2 is 1.53 bits per heavy atom. The van der Waals surface area contributed by atoms with E-state index < -0.39 is 0 Å². The Hall–Kier alpha value is -2.26. The Morgan fingerprint density at radius 1 is 0.895 bits per heavy atom. The summed E-state index contributed by atoms with van der Waals surface area (Å²) in [7, 11) is 0. The summed E-state index contributed by atoms with van der Waals surface area (Å²) < 4.78 is 0. The van der Waals surface area contributed by atoms with Gasteiger partial charge in [-0.05, 0) is 61.7 Å². The molecule has 0 atom stereocenters. The Morgan fingerprint density at radius 3 is 2.16 bits per heavy atom. The molecule has 0 nitrogen and oxygen atoms in total. The molecular formula is C19H18. The standard InChI is InChI=1S/C19H18/c1-15-13-16(2)19(17(3)14-15)12-8-7-11-18-9-5-4-6-10-18/h4-6,8-10,12-14H,1-3H3/b12-8+. The molecule has 0 aliphatic heterocycles. The number of benzene rings is 2. The second-order valence-corrected chi connectivity index (χ2v) is 4.78.